The van der Waals surface area contributed by atoms with Crippen molar-refractivity contribution in [3.05, 3.63) is 59.8 Å². The summed E-state index contributed by atoms with van der Waals surface area (Å²) in [6.45, 7) is 1.72. The van der Waals surface area contributed by atoms with Crippen LogP contribution in [0.25, 0.3) is 16.6 Å². The molecule has 0 fully saturated rings. The van der Waals surface area contributed by atoms with Crippen LogP contribution in [0.15, 0.2) is 58.5 Å². The van der Waals surface area contributed by atoms with Crippen molar-refractivity contribution in [1.29, 1.82) is 0 Å². The quantitative estimate of drug-likeness (QED) is 0.496. The number of thiazole rings is 1. The first-order valence-electron chi connectivity index (χ1n) is 8.75. The van der Waals surface area contributed by atoms with Gasteiger partial charge in [-0.3, -0.25) is 4.79 Å². The van der Waals surface area contributed by atoms with E-state index in [1.54, 1.807) is 54.5 Å². The molecule has 4 rings (SSSR count). The molecule has 1 N–H and O–H groups in total. The van der Waals surface area contributed by atoms with Crippen LogP contribution < -0.4 is 14.8 Å². The van der Waals surface area contributed by atoms with Crippen molar-refractivity contribution in [3.8, 4) is 28.1 Å². The molecule has 1 aromatic carbocycles. The van der Waals surface area contributed by atoms with E-state index in [2.05, 4.69) is 15.4 Å². The van der Waals surface area contributed by atoms with E-state index in [1.165, 1.54) is 11.3 Å². The SMILES string of the molecule is COc1ccc(OCC(=O)Nc2cc(C)nn2-c2nc(-c3ccco3)cs2)cc1. The minimum atomic E-state index is -0.301. The lowest BCUT2D eigenvalue weighted by Crippen LogP contribution is -2.21. The maximum Gasteiger partial charge on any atom is 0.263 e. The van der Waals surface area contributed by atoms with E-state index in [9.17, 15) is 4.79 Å². The van der Waals surface area contributed by atoms with Gasteiger partial charge in [-0.25, -0.2) is 4.98 Å². The fourth-order valence-electron chi connectivity index (χ4n) is 2.63. The van der Waals surface area contributed by atoms with Crippen molar-refractivity contribution < 1.29 is 18.7 Å². The number of ether oxygens (including phenoxy) is 2. The highest BCUT2D eigenvalue weighted by Gasteiger charge is 2.15. The number of hydrogen-bond donors (Lipinski definition) is 1. The molecule has 3 heterocycles. The summed E-state index contributed by atoms with van der Waals surface area (Å²) in [5, 5.41) is 9.75. The number of aryl methyl sites for hydroxylation is 1. The van der Waals surface area contributed by atoms with Gasteiger partial charge in [0.25, 0.3) is 5.91 Å². The number of carbonyl (C=O) groups is 1. The Labute approximate surface area is 170 Å². The molecule has 9 heteroatoms. The van der Waals surface area contributed by atoms with Crippen LogP contribution in [0.2, 0.25) is 0 Å². The van der Waals surface area contributed by atoms with Crippen LogP contribution in [0.1, 0.15) is 5.69 Å². The van der Waals surface area contributed by atoms with Crippen molar-refractivity contribution in [2.45, 2.75) is 6.92 Å². The van der Waals surface area contributed by atoms with Crippen molar-refractivity contribution in [2.24, 2.45) is 0 Å². The Bertz CT molecular complexity index is 1100. The topological polar surface area (TPSA) is 91.4 Å². The normalized spacial score (nSPS) is 10.7. The van der Waals surface area contributed by atoms with E-state index in [0.717, 1.165) is 11.4 Å². The standard InChI is InChI=1S/C20H18N4O4S/c1-13-10-18(22-19(25)11-28-15-7-5-14(26-2)6-8-15)24(23-13)20-21-16(12-29-20)17-4-3-9-27-17/h3-10,12H,11H2,1-2H3,(H,22,25). The number of nitrogens with one attached hydrogen (secondary N) is 1. The molecule has 0 aliphatic heterocycles. The first-order chi connectivity index (χ1) is 14.1. The van der Waals surface area contributed by atoms with E-state index in [-0.39, 0.29) is 12.5 Å². The van der Waals surface area contributed by atoms with Crippen LogP contribution in [0.3, 0.4) is 0 Å². The second kappa shape index (κ2) is 8.19. The number of rotatable bonds is 7. The average Bonchev–Trinajstić information content (AvgIpc) is 3.47. The Hall–Kier alpha value is -3.59. The molecule has 0 atom stereocenters. The van der Waals surface area contributed by atoms with Crippen molar-refractivity contribution in [1.82, 2.24) is 14.8 Å². The minimum Gasteiger partial charge on any atom is -0.497 e. The van der Waals surface area contributed by atoms with Crippen LogP contribution in [0.5, 0.6) is 11.5 Å². The second-order valence-corrected chi connectivity index (χ2v) is 6.92. The molecule has 29 heavy (non-hydrogen) atoms. The van der Waals surface area contributed by atoms with E-state index in [1.807, 2.05) is 18.4 Å². The Morgan fingerprint density at radius 2 is 2.03 bits per heavy atom. The van der Waals surface area contributed by atoms with E-state index < -0.39 is 0 Å². The number of furan rings is 1. The summed E-state index contributed by atoms with van der Waals surface area (Å²) in [4.78, 5) is 16.9. The number of amides is 1. The molecule has 0 aliphatic rings. The maximum atomic E-state index is 12.4. The molecule has 0 saturated carbocycles. The van der Waals surface area contributed by atoms with Gasteiger partial charge in [-0.1, -0.05) is 0 Å². The first-order valence-corrected chi connectivity index (χ1v) is 9.63. The smallest absolute Gasteiger partial charge is 0.263 e. The molecule has 0 bridgehead atoms. The van der Waals surface area contributed by atoms with Gasteiger partial charge >= 0.3 is 0 Å². The number of benzene rings is 1. The average molecular weight is 410 g/mol. The lowest BCUT2D eigenvalue weighted by Gasteiger charge is -2.08. The lowest BCUT2D eigenvalue weighted by molar-refractivity contribution is -0.118. The molecule has 148 valence electrons. The Balaban J connectivity index is 1.44. The summed E-state index contributed by atoms with van der Waals surface area (Å²) < 4.78 is 17.6. The number of anilines is 1. The molecule has 4 aromatic rings. The van der Waals surface area contributed by atoms with Gasteiger partial charge in [0.05, 0.1) is 19.1 Å². The van der Waals surface area contributed by atoms with Gasteiger partial charge in [0, 0.05) is 11.4 Å². The third-order valence-corrected chi connectivity index (χ3v) is 4.79. The van der Waals surface area contributed by atoms with Gasteiger partial charge < -0.3 is 19.2 Å². The molecular weight excluding hydrogens is 392 g/mol. The Kier molecular flexibility index (Phi) is 5.30. The minimum absolute atomic E-state index is 0.133. The summed E-state index contributed by atoms with van der Waals surface area (Å²) in [5.41, 5.74) is 1.47. The van der Waals surface area contributed by atoms with Gasteiger partial charge in [-0.2, -0.15) is 9.78 Å². The van der Waals surface area contributed by atoms with E-state index >= 15 is 0 Å². The van der Waals surface area contributed by atoms with Crippen LogP contribution >= 0.6 is 11.3 Å². The van der Waals surface area contributed by atoms with Gasteiger partial charge in [0.15, 0.2) is 12.4 Å². The molecule has 8 nitrogen and oxygen atoms in total. The van der Waals surface area contributed by atoms with Crippen molar-refractivity contribution in [2.75, 3.05) is 19.0 Å². The number of carbonyl (C=O) groups excluding carboxylic acids is 1. The van der Waals surface area contributed by atoms with Crippen molar-refractivity contribution >= 4 is 23.1 Å². The highest BCUT2D eigenvalue weighted by molar-refractivity contribution is 7.12. The molecule has 0 radical (unpaired) electrons. The van der Waals surface area contributed by atoms with E-state index in [0.29, 0.717) is 28.2 Å². The van der Waals surface area contributed by atoms with Crippen LogP contribution in [0, 0.1) is 6.92 Å². The zero-order valence-electron chi connectivity index (χ0n) is 15.8. The second-order valence-electron chi connectivity index (χ2n) is 6.09. The van der Waals surface area contributed by atoms with Crippen LogP contribution in [0.4, 0.5) is 5.82 Å². The third-order valence-electron chi connectivity index (χ3n) is 3.98. The summed E-state index contributed by atoms with van der Waals surface area (Å²) in [5.74, 6) is 2.19. The largest absolute Gasteiger partial charge is 0.497 e. The van der Waals surface area contributed by atoms with Crippen molar-refractivity contribution in [3.63, 3.8) is 0 Å². The fraction of sp³-hybridized carbons (Fsp3) is 0.150. The molecule has 0 saturated heterocycles. The molecule has 1 amide bonds. The molecule has 0 spiro atoms. The summed E-state index contributed by atoms with van der Waals surface area (Å²) in [6.07, 6.45) is 1.60. The predicted octanol–water partition coefficient (Wildman–Crippen LogP) is 3.92. The summed E-state index contributed by atoms with van der Waals surface area (Å²) in [6, 6.07) is 12.4. The number of nitrogens with zero attached hydrogens (tertiary/aromatic N) is 3. The summed E-state index contributed by atoms with van der Waals surface area (Å²) >= 11 is 1.40. The predicted molar refractivity (Wildman–Crippen MR) is 109 cm³/mol. The zero-order chi connectivity index (χ0) is 20.2. The highest BCUT2D eigenvalue weighted by atomic mass is 32.1. The molecule has 0 aliphatic carbocycles. The number of methoxy groups -OCH3 is 1. The van der Waals surface area contributed by atoms with Gasteiger partial charge in [0.1, 0.15) is 23.0 Å². The maximum absolute atomic E-state index is 12.4. The summed E-state index contributed by atoms with van der Waals surface area (Å²) in [7, 11) is 1.59. The Morgan fingerprint density at radius 3 is 2.76 bits per heavy atom. The third kappa shape index (κ3) is 4.30. The number of hydrogen-bond acceptors (Lipinski definition) is 7. The lowest BCUT2D eigenvalue weighted by atomic mass is 10.3. The fourth-order valence-corrected chi connectivity index (χ4v) is 3.41. The monoisotopic (exact) mass is 410 g/mol. The van der Waals surface area contributed by atoms with Gasteiger partial charge in [0.2, 0.25) is 5.13 Å². The first kappa shape index (κ1) is 18.8. The zero-order valence-corrected chi connectivity index (χ0v) is 16.6. The molecule has 3 aromatic heterocycles. The van der Waals surface area contributed by atoms with E-state index in [4.69, 9.17) is 13.9 Å². The van der Waals surface area contributed by atoms with Gasteiger partial charge in [-0.15, -0.1) is 11.3 Å². The number of aromatic nitrogens is 3. The highest BCUT2D eigenvalue weighted by Crippen LogP contribution is 2.26. The molecule has 0 unspecified atom stereocenters. The molecular formula is C20H18N4O4S. The Morgan fingerprint density at radius 1 is 1.24 bits per heavy atom. The van der Waals surface area contributed by atoms with Crippen LogP contribution in [-0.2, 0) is 4.79 Å². The van der Waals surface area contributed by atoms with Gasteiger partial charge in [-0.05, 0) is 43.3 Å². The van der Waals surface area contributed by atoms with Crippen LogP contribution in [-0.4, -0.2) is 34.4 Å².